The second-order valence-electron chi connectivity index (χ2n) is 5.59. The van der Waals surface area contributed by atoms with Crippen LogP contribution in [0.25, 0.3) is 0 Å². The second kappa shape index (κ2) is 5.94. The zero-order valence-corrected chi connectivity index (χ0v) is 13.1. The van der Waals surface area contributed by atoms with Crippen LogP contribution in [0.2, 0.25) is 4.34 Å². The molecule has 1 saturated carbocycles. The summed E-state index contributed by atoms with van der Waals surface area (Å²) in [6.45, 7) is 3.87. The first kappa shape index (κ1) is 14.8. The van der Waals surface area contributed by atoms with E-state index in [0.717, 1.165) is 24.0 Å². The molecule has 0 spiro atoms. The van der Waals surface area contributed by atoms with Crippen LogP contribution in [0.4, 0.5) is 0 Å². The van der Waals surface area contributed by atoms with Gasteiger partial charge in [0.15, 0.2) is 0 Å². The van der Waals surface area contributed by atoms with E-state index in [0.29, 0.717) is 19.5 Å². The predicted octanol–water partition coefficient (Wildman–Crippen LogP) is 1.77. The summed E-state index contributed by atoms with van der Waals surface area (Å²) in [5.41, 5.74) is 0. The van der Waals surface area contributed by atoms with Gasteiger partial charge >= 0.3 is 5.97 Å². The van der Waals surface area contributed by atoms with Crippen molar-refractivity contribution in [1.82, 2.24) is 9.80 Å². The van der Waals surface area contributed by atoms with Crippen LogP contribution in [-0.4, -0.2) is 53.0 Å². The van der Waals surface area contributed by atoms with Crippen LogP contribution in [0.3, 0.4) is 0 Å². The molecule has 7 heteroatoms. The minimum atomic E-state index is -0.846. The highest BCUT2D eigenvalue weighted by Gasteiger charge is 2.49. The maximum Gasteiger partial charge on any atom is 0.307 e. The highest BCUT2D eigenvalue weighted by atomic mass is 35.5. The van der Waals surface area contributed by atoms with E-state index in [1.807, 2.05) is 17.0 Å². The minimum Gasteiger partial charge on any atom is -0.481 e. The van der Waals surface area contributed by atoms with Crippen LogP contribution in [0.5, 0.6) is 0 Å². The van der Waals surface area contributed by atoms with Crippen LogP contribution >= 0.6 is 22.9 Å². The van der Waals surface area contributed by atoms with E-state index in [9.17, 15) is 9.59 Å². The molecule has 1 saturated heterocycles. The Morgan fingerprint density at radius 3 is 2.48 bits per heavy atom. The number of carboxylic acid groups (broad SMARTS) is 1. The molecule has 2 unspecified atom stereocenters. The molecule has 2 atom stereocenters. The van der Waals surface area contributed by atoms with Gasteiger partial charge in [0.25, 0.3) is 0 Å². The van der Waals surface area contributed by atoms with Gasteiger partial charge in [-0.2, -0.15) is 0 Å². The molecule has 1 N–H and O–H groups in total. The Labute approximate surface area is 132 Å². The summed E-state index contributed by atoms with van der Waals surface area (Å²) in [5.74, 6) is -1.57. The molecule has 0 radical (unpaired) electrons. The number of carboxylic acids is 1. The van der Waals surface area contributed by atoms with Gasteiger partial charge in [0.1, 0.15) is 0 Å². The Morgan fingerprint density at radius 1 is 1.24 bits per heavy atom. The molecule has 1 aliphatic heterocycles. The van der Waals surface area contributed by atoms with Gasteiger partial charge in [-0.15, -0.1) is 11.3 Å². The third-order valence-corrected chi connectivity index (χ3v) is 5.33. The highest BCUT2D eigenvalue weighted by molar-refractivity contribution is 7.16. The van der Waals surface area contributed by atoms with E-state index in [1.54, 1.807) is 11.3 Å². The SMILES string of the molecule is O=C(O)C1CC1C(=O)N1CCN(Cc2ccc(Cl)s2)CC1. The van der Waals surface area contributed by atoms with Crippen molar-refractivity contribution < 1.29 is 14.7 Å². The molecule has 1 amide bonds. The standard InChI is InChI=1S/C14H17ClN2O3S/c15-12-2-1-9(21-12)8-16-3-5-17(6-4-16)13(18)10-7-11(10)14(19)20/h1-2,10-11H,3-8H2,(H,19,20). The van der Waals surface area contributed by atoms with Crippen molar-refractivity contribution in [2.45, 2.75) is 13.0 Å². The van der Waals surface area contributed by atoms with Gasteiger partial charge in [-0.1, -0.05) is 11.6 Å². The molecule has 2 heterocycles. The molecule has 0 aromatic carbocycles. The van der Waals surface area contributed by atoms with Crippen LogP contribution in [0.15, 0.2) is 12.1 Å². The number of carbonyl (C=O) groups excluding carboxylic acids is 1. The summed E-state index contributed by atoms with van der Waals surface area (Å²) >= 11 is 7.51. The minimum absolute atomic E-state index is 0.0150. The number of rotatable bonds is 4. The number of piperazine rings is 1. The highest BCUT2D eigenvalue weighted by Crippen LogP contribution is 2.40. The topological polar surface area (TPSA) is 60.9 Å². The number of hydrogen-bond acceptors (Lipinski definition) is 4. The molecule has 114 valence electrons. The van der Waals surface area contributed by atoms with Crippen molar-refractivity contribution in [2.24, 2.45) is 11.8 Å². The lowest BCUT2D eigenvalue weighted by Gasteiger charge is -2.34. The van der Waals surface area contributed by atoms with Crippen molar-refractivity contribution >= 4 is 34.8 Å². The average molecular weight is 329 g/mol. The summed E-state index contributed by atoms with van der Waals surface area (Å²) in [5, 5.41) is 8.89. The molecule has 21 heavy (non-hydrogen) atoms. The summed E-state index contributed by atoms with van der Waals surface area (Å²) in [6, 6.07) is 3.94. The zero-order valence-electron chi connectivity index (χ0n) is 11.5. The molecule has 2 aliphatic rings. The molecule has 0 bridgehead atoms. The zero-order chi connectivity index (χ0) is 15.0. The first-order valence-electron chi connectivity index (χ1n) is 7.03. The third-order valence-electron chi connectivity index (χ3n) is 4.12. The number of nitrogens with zero attached hydrogens (tertiary/aromatic N) is 2. The fourth-order valence-corrected chi connectivity index (χ4v) is 3.89. The maximum atomic E-state index is 12.2. The van der Waals surface area contributed by atoms with Gasteiger partial charge < -0.3 is 10.0 Å². The van der Waals surface area contributed by atoms with E-state index in [4.69, 9.17) is 16.7 Å². The normalized spacial score (nSPS) is 25.9. The molecular formula is C14H17ClN2O3S. The second-order valence-corrected chi connectivity index (χ2v) is 7.39. The molecule has 2 fully saturated rings. The number of aliphatic carboxylic acids is 1. The van der Waals surface area contributed by atoms with Crippen LogP contribution in [0.1, 0.15) is 11.3 Å². The Balaban J connectivity index is 1.47. The van der Waals surface area contributed by atoms with Gasteiger partial charge in [-0.25, -0.2) is 0 Å². The van der Waals surface area contributed by atoms with Crippen LogP contribution in [0, 0.1) is 11.8 Å². The van der Waals surface area contributed by atoms with Gasteiger partial charge in [0, 0.05) is 37.6 Å². The molecule has 5 nitrogen and oxygen atoms in total. The van der Waals surface area contributed by atoms with E-state index < -0.39 is 11.9 Å². The number of hydrogen-bond donors (Lipinski definition) is 1. The van der Waals surface area contributed by atoms with Crippen molar-refractivity contribution in [3.63, 3.8) is 0 Å². The molecule has 1 aromatic rings. The van der Waals surface area contributed by atoms with Crippen molar-refractivity contribution in [3.05, 3.63) is 21.3 Å². The quantitative estimate of drug-likeness (QED) is 0.915. The summed E-state index contributed by atoms with van der Waals surface area (Å²) in [6.07, 6.45) is 0.502. The number of carbonyl (C=O) groups is 2. The first-order chi connectivity index (χ1) is 10.0. The Morgan fingerprint density at radius 2 is 1.95 bits per heavy atom. The molecule has 1 aliphatic carbocycles. The number of thiophene rings is 1. The van der Waals surface area contributed by atoms with E-state index >= 15 is 0 Å². The first-order valence-corrected chi connectivity index (χ1v) is 8.22. The van der Waals surface area contributed by atoms with Crippen molar-refractivity contribution in [2.75, 3.05) is 26.2 Å². The Hall–Kier alpha value is -1.11. The summed E-state index contributed by atoms with van der Waals surface area (Å²) < 4.78 is 0.798. The van der Waals surface area contributed by atoms with E-state index in [2.05, 4.69) is 4.90 Å². The largest absolute Gasteiger partial charge is 0.481 e. The predicted molar refractivity (Wildman–Crippen MR) is 80.4 cm³/mol. The Kier molecular flexibility index (Phi) is 4.19. The van der Waals surface area contributed by atoms with Gasteiger partial charge in [-0.05, 0) is 18.6 Å². The smallest absolute Gasteiger partial charge is 0.307 e. The monoisotopic (exact) mass is 328 g/mol. The Bertz CT molecular complexity index is 554. The maximum absolute atomic E-state index is 12.2. The number of halogens is 1. The lowest BCUT2D eigenvalue weighted by molar-refractivity contribution is -0.142. The summed E-state index contributed by atoms with van der Waals surface area (Å²) in [7, 11) is 0. The fourth-order valence-electron chi connectivity index (χ4n) is 2.76. The molecule has 1 aromatic heterocycles. The molecule has 3 rings (SSSR count). The lowest BCUT2D eigenvalue weighted by atomic mass is 10.2. The fraction of sp³-hybridized carbons (Fsp3) is 0.571. The van der Waals surface area contributed by atoms with E-state index in [1.165, 1.54) is 4.88 Å². The van der Waals surface area contributed by atoms with Crippen LogP contribution in [-0.2, 0) is 16.1 Å². The van der Waals surface area contributed by atoms with Crippen molar-refractivity contribution in [1.29, 1.82) is 0 Å². The number of amides is 1. The van der Waals surface area contributed by atoms with Gasteiger partial charge in [0.05, 0.1) is 16.2 Å². The summed E-state index contributed by atoms with van der Waals surface area (Å²) in [4.78, 5) is 28.3. The van der Waals surface area contributed by atoms with Crippen LogP contribution < -0.4 is 0 Å². The van der Waals surface area contributed by atoms with Gasteiger partial charge in [-0.3, -0.25) is 14.5 Å². The molecular weight excluding hydrogens is 312 g/mol. The average Bonchev–Trinajstić information content (AvgIpc) is 3.17. The third kappa shape index (κ3) is 3.39. The van der Waals surface area contributed by atoms with Gasteiger partial charge in [0.2, 0.25) is 5.91 Å². The lowest BCUT2D eigenvalue weighted by Crippen LogP contribution is -2.48. The van der Waals surface area contributed by atoms with E-state index in [-0.39, 0.29) is 11.8 Å². The van der Waals surface area contributed by atoms with Crippen molar-refractivity contribution in [3.8, 4) is 0 Å².